The van der Waals surface area contributed by atoms with Crippen molar-refractivity contribution in [3.63, 3.8) is 0 Å². The zero-order valence-corrected chi connectivity index (χ0v) is 19.9. The molecule has 2 aromatic carbocycles. The van der Waals surface area contributed by atoms with E-state index < -0.39 is 11.6 Å². The highest BCUT2D eigenvalue weighted by molar-refractivity contribution is 6.30. The van der Waals surface area contributed by atoms with Crippen molar-refractivity contribution in [2.75, 3.05) is 20.3 Å². The molecule has 3 rings (SSSR count). The summed E-state index contributed by atoms with van der Waals surface area (Å²) >= 11 is 5.88. The molecule has 2 N–H and O–H groups in total. The number of benzene rings is 2. The lowest BCUT2D eigenvalue weighted by molar-refractivity contribution is -0.157. The van der Waals surface area contributed by atoms with Crippen molar-refractivity contribution in [3.05, 3.63) is 75.7 Å². The topological polar surface area (TPSA) is 115 Å². The first kappa shape index (κ1) is 25.1. The number of hydrogen-bond acceptors (Lipinski definition) is 8. The first-order chi connectivity index (χ1) is 16.2. The van der Waals surface area contributed by atoms with Crippen LogP contribution in [-0.4, -0.2) is 41.6 Å². The van der Waals surface area contributed by atoms with Gasteiger partial charge in [-0.25, -0.2) is 0 Å². The van der Waals surface area contributed by atoms with Crippen LogP contribution in [0.15, 0.2) is 59.5 Å². The van der Waals surface area contributed by atoms with Gasteiger partial charge in [-0.3, -0.25) is 9.59 Å². The van der Waals surface area contributed by atoms with Crippen LogP contribution in [0.3, 0.4) is 0 Å². The first-order valence-corrected chi connectivity index (χ1v) is 10.8. The average Bonchev–Trinajstić information content (AvgIpc) is 2.82. The number of halogens is 1. The van der Waals surface area contributed by atoms with Crippen LogP contribution in [-0.2, 0) is 16.1 Å². The fourth-order valence-corrected chi connectivity index (χ4v) is 3.08. The molecule has 0 fully saturated rings. The molecule has 0 aliphatic heterocycles. The van der Waals surface area contributed by atoms with Crippen LogP contribution in [0, 0.1) is 0 Å². The summed E-state index contributed by atoms with van der Waals surface area (Å²) in [4.78, 5) is 24.1. The highest BCUT2D eigenvalue weighted by Crippen LogP contribution is 2.30. The zero-order chi connectivity index (χ0) is 24.7. The van der Waals surface area contributed by atoms with Gasteiger partial charge in [-0.15, -0.1) is 0 Å². The molecule has 10 heteroatoms. The highest BCUT2D eigenvalue weighted by atomic mass is 35.5. The number of carbonyl (C=O) groups excluding carboxylic acids is 1. The van der Waals surface area contributed by atoms with Crippen molar-refractivity contribution in [2.45, 2.75) is 26.1 Å². The van der Waals surface area contributed by atoms with Crippen LogP contribution >= 0.6 is 11.6 Å². The SMILES string of the molecule is COc1cc(-n2ncc(OCc3ccc(Cl)cc3)cc2=O)ccc1OCC(C)(C)OC(=O)CN. The molecule has 0 atom stereocenters. The lowest BCUT2D eigenvalue weighted by atomic mass is 10.1. The predicted octanol–water partition coefficient (Wildman–Crippen LogP) is 3.13. The Labute approximate surface area is 202 Å². The summed E-state index contributed by atoms with van der Waals surface area (Å²) in [6, 6.07) is 13.5. The third-order valence-corrected chi connectivity index (χ3v) is 4.87. The summed E-state index contributed by atoms with van der Waals surface area (Å²) in [5.74, 6) is 0.619. The molecule has 0 radical (unpaired) electrons. The first-order valence-electron chi connectivity index (χ1n) is 10.4. The van der Waals surface area contributed by atoms with Crippen LogP contribution in [0.1, 0.15) is 19.4 Å². The normalized spacial score (nSPS) is 11.1. The van der Waals surface area contributed by atoms with Crippen LogP contribution in [0.2, 0.25) is 5.02 Å². The van der Waals surface area contributed by atoms with E-state index in [0.29, 0.717) is 28.0 Å². The third-order valence-electron chi connectivity index (χ3n) is 4.62. The standard InChI is InChI=1S/C24H26ClN3O6/c1-24(2,34-23(30)12-26)15-33-20-9-8-18(10-21(20)31-3)28-22(29)11-19(13-27-28)32-14-16-4-6-17(25)7-5-16/h4-11,13H,12,14-15,26H2,1-3H3. The fourth-order valence-electron chi connectivity index (χ4n) is 2.95. The van der Waals surface area contributed by atoms with E-state index >= 15 is 0 Å². The van der Waals surface area contributed by atoms with Gasteiger partial charge in [0.15, 0.2) is 11.5 Å². The molecule has 1 aromatic heterocycles. The highest BCUT2D eigenvalue weighted by Gasteiger charge is 2.24. The zero-order valence-electron chi connectivity index (χ0n) is 19.1. The summed E-state index contributed by atoms with van der Waals surface area (Å²) in [5.41, 5.74) is 5.42. The average molecular weight is 488 g/mol. The van der Waals surface area contributed by atoms with E-state index in [1.807, 2.05) is 12.1 Å². The predicted molar refractivity (Wildman–Crippen MR) is 127 cm³/mol. The number of nitrogens with two attached hydrogens (primary N) is 1. The minimum atomic E-state index is -0.888. The van der Waals surface area contributed by atoms with Gasteiger partial charge in [0.2, 0.25) is 0 Å². The maximum atomic E-state index is 12.6. The number of ether oxygens (including phenoxy) is 4. The van der Waals surface area contributed by atoms with E-state index in [4.69, 9.17) is 36.3 Å². The van der Waals surface area contributed by atoms with Crippen LogP contribution < -0.4 is 25.5 Å². The van der Waals surface area contributed by atoms with Gasteiger partial charge < -0.3 is 24.7 Å². The quantitative estimate of drug-likeness (QED) is 0.434. The van der Waals surface area contributed by atoms with Crippen LogP contribution in [0.4, 0.5) is 0 Å². The molecular formula is C24H26ClN3O6. The van der Waals surface area contributed by atoms with Crippen molar-refractivity contribution in [1.82, 2.24) is 9.78 Å². The van der Waals surface area contributed by atoms with Gasteiger partial charge in [0.1, 0.15) is 24.6 Å². The van der Waals surface area contributed by atoms with Crippen molar-refractivity contribution < 1.29 is 23.7 Å². The summed E-state index contributed by atoms with van der Waals surface area (Å²) in [5, 5.41) is 4.84. The molecule has 0 aliphatic carbocycles. The van der Waals surface area contributed by atoms with Crippen LogP contribution in [0.25, 0.3) is 5.69 Å². The van der Waals surface area contributed by atoms with Gasteiger partial charge in [-0.2, -0.15) is 9.78 Å². The number of carbonyl (C=O) groups is 1. The van der Waals surface area contributed by atoms with E-state index in [9.17, 15) is 9.59 Å². The lowest BCUT2D eigenvalue weighted by Gasteiger charge is -2.25. The Morgan fingerprint density at radius 3 is 2.47 bits per heavy atom. The summed E-state index contributed by atoms with van der Waals surface area (Å²) in [6.45, 7) is 3.56. The Morgan fingerprint density at radius 2 is 1.82 bits per heavy atom. The monoisotopic (exact) mass is 487 g/mol. The van der Waals surface area contributed by atoms with Crippen molar-refractivity contribution in [3.8, 4) is 22.9 Å². The number of methoxy groups -OCH3 is 1. The second kappa shape index (κ2) is 11.0. The molecule has 0 saturated heterocycles. The number of nitrogens with zero attached hydrogens (tertiary/aromatic N) is 2. The molecular weight excluding hydrogens is 462 g/mol. The second-order valence-corrected chi connectivity index (χ2v) is 8.35. The summed E-state index contributed by atoms with van der Waals surface area (Å²) in [6.07, 6.45) is 1.46. The Morgan fingerprint density at radius 1 is 1.09 bits per heavy atom. The minimum Gasteiger partial charge on any atom is -0.493 e. The van der Waals surface area contributed by atoms with Gasteiger partial charge in [0.25, 0.3) is 5.56 Å². The van der Waals surface area contributed by atoms with Crippen molar-refractivity contribution in [1.29, 1.82) is 0 Å². The summed E-state index contributed by atoms with van der Waals surface area (Å²) in [7, 11) is 1.48. The Bertz CT molecular complexity index is 1190. The third kappa shape index (κ3) is 6.72. The van der Waals surface area contributed by atoms with Crippen LogP contribution in [0.5, 0.6) is 17.2 Å². The molecule has 0 unspecified atom stereocenters. The molecule has 0 saturated carbocycles. The largest absolute Gasteiger partial charge is 0.493 e. The molecule has 3 aromatic rings. The van der Waals surface area contributed by atoms with E-state index in [-0.39, 0.29) is 25.3 Å². The molecule has 1 heterocycles. The number of rotatable bonds is 10. The van der Waals surface area contributed by atoms with Crippen molar-refractivity contribution >= 4 is 17.6 Å². The Hall–Kier alpha value is -3.56. The van der Waals surface area contributed by atoms with E-state index in [2.05, 4.69) is 5.10 Å². The molecule has 34 heavy (non-hydrogen) atoms. The second-order valence-electron chi connectivity index (χ2n) is 7.92. The number of hydrogen-bond donors (Lipinski definition) is 1. The molecule has 0 aliphatic rings. The molecule has 0 amide bonds. The Kier molecular flexibility index (Phi) is 8.14. The van der Waals surface area contributed by atoms with E-state index in [1.54, 1.807) is 44.2 Å². The van der Waals surface area contributed by atoms with E-state index in [1.165, 1.54) is 24.1 Å². The molecule has 180 valence electrons. The summed E-state index contributed by atoms with van der Waals surface area (Å²) < 4.78 is 23.3. The maximum Gasteiger partial charge on any atom is 0.320 e. The van der Waals surface area contributed by atoms with Gasteiger partial charge in [0, 0.05) is 17.2 Å². The van der Waals surface area contributed by atoms with Gasteiger partial charge in [-0.05, 0) is 43.7 Å². The molecule has 9 nitrogen and oxygen atoms in total. The van der Waals surface area contributed by atoms with Crippen molar-refractivity contribution in [2.24, 2.45) is 5.73 Å². The maximum absolute atomic E-state index is 12.6. The van der Waals surface area contributed by atoms with Gasteiger partial charge in [-0.1, -0.05) is 23.7 Å². The number of esters is 1. The van der Waals surface area contributed by atoms with E-state index in [0.717, 1.165) is 5.56 Å². The Balaban J connectivity index is 1.71. The van der Waals surface area contributed by atoms with Gasteiger partial charge in [0.05, 0.1) is 25.5 Å². The smallest absolute Gasteiger partial charge is 0.320 e. The van der Waals surface area contributed by atoms with Gasteiger partial charge >= 0.3 is 5.97 Å². The fraction of sp³-hybridized carbons (Fsp3) is 0.292. The molecule has 0 spiro atoms. The minimum absolute atomic E-state index is 0.0757. The number of aromatic nitrogens is 2. The lowest BCUT2D eigenvalue weighted by Crippen LogP contribution is -2.37. The molecule has 0 bridgehead atoms.